The van der Waals surface area contributed by atoms with E-state index in [1.165, 1.54) is 23.1 Å². The van der Waals surface area contributed by atoms with Crippen molar-refractivity contribution in [2.24, 2.45) is 0 Å². The topological polar surface area (TPSA) is 67.8 Å². The minimum atomic E-state index is -0.119. The molecule has 0 fully saturated rings. The lowest BCUT2D eigenvalue weighted by Gasteiger charge is -2.01. The van der Waals surface area contributed by atoms with Crippen molar-refractivity contribution in [3.63, 3.8) is 0 Å². The fourth-order valence-electron chi connectivity index (χ4n) is 1.09. The van der Waals surface area contributed by atoms with Gasteiger partial charge in [0, 0.05) is 11.9 Å². The van der Waals surface area contributed by atoms with Gasteiger partial charge in [-0.05, 0) is 28.9 Å². The number of amides is 1. The van der Waals surface area contributed by atoms with Gasteiger partial charge >= 0.3 is 0 Å². The summed E-state index contributed by atoms with van der Waals surface area (Å²) in [5, 5.41) is 3.89. The zero-order valence-corrected chi connectivity index (χ0v) is 12.6. The van der Waals surface area contributed by atoms with Crippen LogP contribution in [0.5, 0.6) is 0 Å². The molecule has 0 unspecified atom stereocenters. The van der Waals surface area contributed by atoms with Gasteiger partial charge in [-0.1, -0.05) is 23.1 Å². The largest absolute Gasteiger partial charge is 0.301 e. The Hall–Kier alpha value is -0.990. The van der Waals surface area contributed by atoms with E-state index in [2.05, 4.69) is 36.2 Å². The zero-order chi connectivity index (χ0) is 13.0. The standard InChI is InChI=1S/C10H9BrN4OS2/c1-6-2-3-12-9(14-6)17-5-8(16)15-10-13-4-7(11)18-10/h2-4H,5H2,1H3,(H,13,15,16). The van der Waals surface area contributed by atoms with Crippen molar-refractivity contribution < 1.29 is 4.79 Å². The molecule has 0 radical (unpaired) electrons. The summed E-state index contributed by atoms with van der Waals surface area (Å²) in [7, 11) is 0. The van der Waals surface area contributed by atoms with Gasteiger partial charge in [-0.3, -0.25) is 4.79 Å². The molecule has 0 aromatic carbocycles. The van der Waals surface area contributed by atoms with Crippen LogP contribution in [0.15, 0.2) is 27.4 Å². The Morgan fingerprint density at radius 1 is 1.56 bits per heavy atom. The van der Waals surface area contributed by atoms with Crippen LogP contribution in [0.2, 0.25) is 0 Å². The molecule has 0 atom stereocenters. The lowest BCUT2D eigenvalue weighted by atomic mass is 10.5. The maximum Gasteiger partial charge on any atom is 0.236 e. The maximum absolute atomic E-state index is 11.6. The van der Waals surface area contributed by atoms with Crippen LogP contribution >= 0.6 is 39.0 Å². The highest BCUT2D eigenvalue weighted by Crippen LogP contribution is 2.23. The summed E-state index contributed by atoms with van der Waals surface area (Å²) >= 11 is 5.96. The van der Waals surface area contributed by atoms with E-state index in [-0.39, 0.29) is 11.7 Å². The molecule has 0 bridgehead atoms. The highest BCUT2D eigenvalue weighted by atomic mass is 79.9. The first-order chi connectivity index (χ1) is 8.63. The van der Waals surface area contributed by atoms with Gasteiger partial charge in [0.2, 0.25) is 5.91 Å². The fourth-order valence-corrected chi connectivity index (χ4v) is 2.89. The summed E-state index contributed by atoms with van der Waals surface area (Å²) in [6.45, 7) is 1.89. The quantitative estimate of drug-likeness (QED) is 0.682. The van der Waals surface area contributed by atoms with E-state index in [0.29, 0.717) is 10.3 Å². The second-order valence-corrected chi connectivity index (χ2v) is 6.64. The highest BCUT2D eigenvalue weighted by molar-refractivity contribution is 9.11. The third-order valence-electron chi connectivity index (χ3n) is 1.83. The van der Waals surface area contributed by atoms with Crippen LogP contribution in [0.4, 0.5) is 5.13 Å². The van der Waals surface area contributed by atoms with E-state index >= 15 is 0 Å². The molecule has 0 aliphatic rings. The Morgan fingerprint density at radius 2 is 2.39 bits per heavy atom. The van der Waals surface area contributed by atoms with Crippen molar-refractivity contribution in [2.45, 2.75) is 12.1 Å². The number of hydrogen-bond acceptors (Lipinski definition) is 6. The number of anilines is 1. The molecule has 0 aliphatic heterocycles. The van der Waals surface area contributed by atoms with Crippen LogP contribution < -0.4 is 5.32 Å². The lowest BCUT2D eigenvalue weighted by molar-refractivity contribution is -0.113. The molecule has 2 aromatic heterocycles. The van der Waals surface area contributed by atoms with E-state index in [0.717, 1.165) is 9.48 Å². The van der Waals surface area contributed by atoms with Crippen LogP contribution in [0.25, 0.3) is 0 Å². The summed E-state index contributed by atoms with van der Waals surface area (Å²) in [5.41, 5.74) is 0.886. The van der Waals surface area contributed by atoms with Crippen LogP contribution in [-0.4, -0.2) is 26.6 Å². The molecule has 0 saturated heterocycles. The number of carbonyl (C=O) groups excluding carboxylic acids is 1. The van der Waals surface area contributed by atoms with Crippen LogP contribution in [0.3, 0.4) is 0 Å². The third-order valence-corrected chi connectivity index (χ3v) is 4.08. The normalized spacial score (nSPS) is 10.3. The molecule has 1 amide bonds. The monoisotopic (exact) mass is 344 g/mol. The lowest BCUT2D eigenvalue weighted by Crippen LogP contribution is -2.14. The van der Waals surface area contributed by atoms with Gasteiger partial charge in [-0.2, -0.15) is 0 Å². The molecule has 2 aromatic rings. The summed E-state index contributed by atoms with van der Waals surface area (Å²) in [6, 6.07) is 1.82. The van der Waals surface area contributed by atoms with Crippen molar-refractivity contribution >= 4 is 50.1 Å². The van der Waals surface area contributed by atoms with Gasteiger partial charge < -0.3 is 5.32 Å². The molecular weight excluding hydrogens is 336 g/mol. The number of aromatic nitrogens is 3. The van der Waals surface area contributed by atoms with Crippen LogP contribution in [0.1, 0.15) is 5.69 Å². The maximum atomic E-state index is 11.6. The number of aryl methyl sites for hydroxylation is 1. The second kappa shape index (κ2) is 6.26. The van der Waals surface area contributed by atoms with Gasteiger partial charge in [0.05, 0.1) is 15.7 Å². The summed E-state index contributed by atoms with van der Waals surface area (Å²) in [6.07, 6.45) is 3.33. The number of nitrogens with zero attached hydrogens (tertiary/aromatic N) is 3. The van der Waals surface area contributed by atoms with E-state index < -0.39 is 0 Å². The van der Waals surface area contributed by atoms with Crippen molar-refractivity contribution in [2.75, 3.05) is 11.1 Å². The SMILES string of the molecule is Cc1ccnc(SCC(=O)Nc2ncc(Br)s2)n1. The minimum Gasteiger partial charge on any atom is -0.301 e. The molecule has 0 aliphatic carbocycles. The summed E-state index contributed by atoms with van der Waals surface area (Å²) in [4.78, 5) is 23.9. The second-order valence-electron chi connectivity index (χ2n) is 3.29. The molecule has 94 valence electrons. The highest BCUT2D eigenvalue weighted by Gasteiger charge is 2.07. The molecule has 18 heavy (non-hydrogen) atoms. The van der Waals surface area contributed by atoms with E-state index in [4.69, 9.17) is 0 Å². The van der Waals surface area contributed by atoms with Gasteiger partial charge in [0.25, 0.3) is 0 Å². The molecule has 0 saturated carbocycles. The molecule has 0 spiro atoms. The summed E-state index contributed by atoms with van der Waals surface area (Å²) in [5.74, 6) is 0.146. The molecule has 2 rings (SSSR count). The molecular formula is C10H9BrN4OS2. The Bertz CT molecular complexity index is 560. The number of nitrogens with one attached hydrogen (secondary N) is 1. The zero-order valence-electron chi connectivity index (χ0n) is 9.38. The number of thioether (sulfide) groups is 1. The molecule has 5 nitrogen and oxygen atoms in total. The Labute approximate surface area is 121 Å². The van der Waals surface area contributed by atoms with E-state index in [1.54, 1.807) is 12.4 Å². The van der Waals surface area contributed by atoms with Crippen molar-refractivity contribution in [1.29, 1.82) is 0 Å². The van der Waals surface area contributed by atoms with Crippen molar-refractivity contribution in [3.05, 3.63) is 27.9 Å². The molecule has 8 heteroatoms. The smallest absolute Gasteiger partial charge is 0.236 e. The first-order valence-corrected chi connectivity index (χ1v) is 7.56. The fraction of sp³-hybridized carbons (Fsp3) is 0.200. The Balaban J connectivity index is 1.85. The Morgan fingerprint density at radius 3 is 3.06 bits per heavy atom. The summed E-state index contributed by atoms with van der Waals surface area (Å²) < 4.78 is 0.882. The molecule has 1 N–H and O–H groups in total. The first-order valence-electron chi connectivity index (χ1n) is 4.97. The average Bonchev–Trinajstić information content (AvgIpc) is 2.72. The number of halogens is 1. The predicted octanol–water partition coefficient (Wildman–Crippen LogP) is 2.73. The predicted molar refractivity (Wildman–Crippen MR) is 75.9 cm³/mol. The van der Waals surface area contributed by atoms with Gasteiger partial charge in [-0.25, -0.2) is 15.0 Å². The van der Waals surface area contributed by atoms with Crippen LogP contribution in [0, 0.1) is 6.92 Å². The number of rotatable bonds is 4. The van der Waals surface area contributed by atoms with Gasteiger partial charge in [0.1, 0.15) is 0 Å². The number of hydrogen-bond donors (Lipinski definition) is 1. The van der Waals surface area contributed by atoms with Crippen LogP contribution in [-0.2, 0) is 4.79 Å². The third kappa shape index (κ3) is 4.04. The number of carbonyl (C=O) groups is 1. The van der Waals surface area contributed by atoms with Gasteiger partial charge in [0.15, 0.2) is 10.3 Å². The van der Waals surface area contributed by atoms with Crippen molar-refractivity contribution in [1.82, 2.24) is 15.0 Å². The van der Waals surface area contributed by atoms with Crippen molar-refractivity contribution in [3.8, 4) is 0 Å². The number of thiazole rings is 1. The first kappa shape index (κ1) is 13.4. The molecule has 2 heterocycles. The average molecular weight is 345 g/mol. The minimum absolute atomic E-state index is 0.119. The van der Waals surface area contributed by atoms with E-state index in [1.807, 2.05) is 13.0 Å². The Kier molecular flexibility index (Phi) is 4.67. The van der Waals surface area contributed by atoms with Gasteiger partial charge in [-0.15, -0.1) is 0 Å². The van der Waals surface area contributed by atoms with E-state index in [9.17, 15) is 4.79 Å².